The van der Waals surface area contributed by atoms with Gasteiger partial charge in [0, 0.05) is 32.2 Å². The zero-order valence-corrected chi connectivity index (χ0v) is 15.6. The summed E-state index contributed by atoms with van der Waals surface area (Å²) in [6.45, 7) is 9.53. The Hall–Kier alpha value is -0.170. The topological polar surface area (TPSA) is 43.9 Å². The van der Waals surface area contributed by atoms with E-state index >= 15 is 0 Å². The summed E-state index contributed by atoms with van der Waals surface area (Å²) >= 11 is 0. The first-order chi connectivity index (χ1) is 11.0. The van der Waals surface area contributed by atoms with Gasteiger partial charge in [0.1, 0.15) is 0 Å². The van der Waals surface area contributed by atoms with Crippen LogP contribution in [0.4, 0.5) is 0 Å². The van der Waals surface area contributed by atoms with Crippen LogP contribution in [0.5, 0.6) is 0 Å². The Bertz CT molecular complexity index is 472. The average Bonchev–Trinajstić information content (AvgIpc) is 2.55. The molecule has 0 amide bonds. The van der Waals surface area contributed by atoms with E-state index < -0.39 is 10.2 Å². The van der Waals surface area contributed by atoms with Gasteiger partial charge in [0.15, 0.2) is 0 Å². The molecular formula is C17H33N3O2S. The zero-order valence-electron chi connectivity index (χ0n) is 14.8. The number of nitrogens with zero attached hydrogens (tertiary/aromatic N) is 3. The molecule has 2 atom stereocenters. The fourth-order valence-electron chi connectivity index (χ4n) is 4.68. The molecule has 0 saturated carbocycles. The Labute approximate surface area is 142 Å². The summed E-state index contributed by atoms with van der Waals surface area (Å²) in [7, 11) is -3.26. The van der Waals surface area contributed by atoms with Crippen molar-refractivity contribution >= 4 is 10.2 Å². The van der Waals surface area contributed by atoms with Crippen LogP contribution in [0.3, 0.4) is 0 Å². The molecule has 0 aromatic rings. The number of rotatable bonds is 3. The monoisotopic (exact) mass is 343 g/mol. The lowest BCUT2D eigenvalue weighted by Crippen LogP contribution is -2.54. The van der Waals surface area contributed by atoms with E-state index in [2.05, 4.69) is 18.7 Å². The highest BCUT2D eigenvalue weighted by molar-refractivity contribution is 7.86. The SMILES string of the molecule is CC1CC(C)CN(S(=O)(=O)N2CCC(N3CCCCC3)CC2)C1. The largest absolute Gasteiger partial charge is 0.300 e. The van der Waals surface area contributed by atoms with Gasteiger partial charge >= 0.3 is 0 Å². The van der Waals surface area contributed by atoms with Crippen LogP contribution in [0, 0.1) is 11.8 Å². The molecule has 3 heterocycles. The lowest BCUT2D eigenvalue weighted by atomic mass is 9.94. The minimum Gasteiger partial charge on any atom is -0.300 e. The van der Waals surface area contributed by atoms with Gasteiger partial charge in [0.2, 0.25) is 0 Å². The summed E-state index contributed by atoms with van der Waals surface area (Å²) in [6.07, 6.45) is 7.11. The predicted molar refractivity (Wildman–Crippen MR) is 93.5 cm³/mol. The van der Waals surface area contributed by atoms with Crippen molar-refractivity contribution in [2.75, 3.05) is 39.3 Å². The van der Waals surface area contributed by atoms with Crippen LogP contribution in [0.1, 0.15) is 52.4 Å². The van der Waals surface area contributed by atoms with Gasteiger partial charge in [-0.25, -0.2) is 0 Å². The Morgan fingerprint density at radius 3 is 1.91 bits per heavy atom. The Morgan fingerprint density at radius 1 is 0.783 bits per heavy atom. The first-order valence-electron chi connectivity index (χ1n) is 9.46. The van der Waals surface area contributed by atoms with Crippen molar-refractivity contribution in [1.29, 1.82) is 0 Å². The molecule has 0 bridgehead atoms. The highest BCUT2D eigenvalue weighted by Crippen LogP contribution is 2.27. The van der Waals surface area contributed by atoms with Gasteiger partial charge in [0.05, 0.1) is 0 Å². The van der Waals surface area contributed by atoms with Gasteiger partial charge in [-0.15, -0.1) is 0 Å². The fourth-order valence-corrected chi connectivity index (χ4v) is 6.56. The molecule has 134 valence electrons. The zero-order chi connectivity index (χ0) is 16.4. The molecule has 3 saturated heterocycles. The molecular weight excluding hydrogens is 310 g/mol. The third-order valence-electron chi connectivity index (χ3n) is 5.82. The third kappa shape index (κ3) is 4.09. The molecule has 3 aliphatic rings. The smallest absolute Gasteiger partial charge is 0.281 e. The van der Waals surface area contributed by atoms with Crippen LogP contribution < -0.4 is 0 Å². The molecule has 0 aliphatic carbocycles. The molecule has 23 heavy (non-hydrogen) atoms. The van der Waals surface area contributed by atoms with E-state index in [1.807, 2.05) is 0 Å². The maximum Gasteiger partial charge on any atom is 0.281 e. The van der Waals surface area contributed by atoms with E-state index in [0.29, 0.717) is 44.1 Å². The molecule has 3 rings (SSSR count). The van der Waals surface area contributed by atoms with Crippen molar-refractivity contribution in [3.05, 3.63) is 0 Å². The summed E-state index contributed by atoms with van der Waals surface area (Å²) in [5, 5.41) is 0. The van der Waals surface area contributed by atoms with Crippen molar-refractivity contribution in [3.63, 3.8) is 0 Å². The summed E-state index contributed by atoms with van der Waals surface area (Å²) in [6, 6.07) is 0.598. The van der Waals surface area contributed by atoms with Crippen LogP contribution in [-0.4, -0.2) is 67.2 Å². The number of hydrogen-bond acceptors (Lipinski definition) is 3. The number of hydrogen-bond donors (Lipinski definition) is 0. The Kier molecular flexibility index (Phi) is 5.66. The van der Waals surface area contributed by atoms with Crippen LogP contribution >= 0.6 is 0 Å². The predicted octanol–water partition coefficient (Wildman–Crippen LogP) is 2.16. The Balaban J connectivity index is 1.57. The van der Waals surface area contributed by atoms with Gasteiger partial charge in [-0.3, -0.25) is 0 Å². The standard InChI is InChI=1S/C17H33N3O2S/c1-15-12-16(2)14-20(13-15)23(21,22)19-10-6-17(7-11-19)18-8-4-3-5-9-18/h15-17H,3-14H2,1-2H3. The van der Waals surface area contributed by atoms with Crippen molar-refractivity contribution < 1.29 is 8.42 Å². The first-order valence-corrected chi connectivity index (χ1v) is 10.9. The average molecular weight is 344 g/mol. The Morgan fingerprint density at radius 2 is 1.35 bits per heavy atom. The summed E-state index contributed by atoms with van der Waals surface area (Å²) < 4.78 is 29.4. The molecule has 3 aliphatic heterocycles. The van der Waals surface area contributed by atoms with E-state index in [1.54, 1.807) is 8.61 Å². The molecule has 6 heteroatoms. The second-order valence-electron chi connectivity index (χ2n) is 8.00. The van der Waals surface area contributed by atoms with Crippen LogP contribution in [0.25, 0.3) is 0 Å². The van der Waals surface area contributed by atoms with E-state index in [9.17, 15) is 8.42 Å². The lowest BCUT2D eigenvalue weighted by Gasteiger charge is -2.42. The molecule has 0 aromatic heterocycles. The van der Waals surface area contributed by atoms with Crippen LogP contribution in [0.2, 0.25) is 0 Å². The quantitative estimate of drug-likeness (QED) is 0.789. The first kappa shape index (κ1) is 17.6. The van der Waals surface area contributed by atoms with E-state index in [1.165, 1.54) is 32.4 Å². The van der Waals surface area contributed by atoms with Crippen molar-refractivity contribution in [3.8, 4) is 0 Å². The summed E-state index contributed by atoms with van der Waals surface area (Å²) in [5.74, 6) is 0.943. The second kappa shape index (κ2) is 7.38. The fraction of sp³-hybridized carbons (Fsp3) is 1.00. The molecule has 0 aromatic carbocycles. The molecule has 3 fully saturated rings. The van der Waals surface area contributed by atoms with E-state index in [-0.39, 0.29) is 0 Å². The minimum atomic E-state index is -3.26. The summed E-state index contributed by atoms with van der Waals surface area (Å²) in [5.41, 5.74) is 0. The highest BCUT2D eigenvalue weighted by Gasteiger charge is 2.37. The molecule has 5 nitrogen and oxygen atoms in total. The number of piperidine rings is 3. The molecule has 0 N–H and O–H groups in total. The maximum atomic E-state index is 13.0. The van der Waals surface area contributed by atoms with Gasteiger partial charge in [0.25, 0.3) is 10.2 Å². The van der Waals surface area contributed by atoms with Crippen molar-refractivity contribution in [2.45, 2.75) is 58.4 Å². The van der Waals surface area contributed by atoms with E-state index in [4.69, 9.17) is 0 Å². The summed E-state index contributed by atoms with van der Waals surface area (Å²) in [4.78, 5) is 2.60. The second-order valence-corrected chi connectivity index (χ2v) is 9.93. The van der Waals surface area contributed by atoms with Gasteiger partial charge < -0.3 is 4.90 Å². The normalized spacial score (nSPS) is 33.8. The minimum absolute atomic E-state index is 0.472. The maximum absolute atomic E-state index is 13.0. The highest BCUT2D eigenvalue weighted by atomic mass is 32.2. The van der Waals surface area contributed by atoms with Crippen LogP contribution in [-0.2, 0) is 10.2 Å². The molecule has 2 unspecified atom stereocenters. The molecule has 0 radical (unpaired) electrons. The van der Waals surface area contributed by atoms with Crippen molar-refractivity contribution in [2.24, 2.45) is 11.8 Å². The van der Waals surface area contributed by atoms with Gasteiger partial charge in [-0.1, -0.05) is 20.3 Å². The van der Waals surface area contributed by atoms with Gasteiger partial charge in [-0.2, -0.15) is 17.0 Å². The lowest BCUT2D eigenvalue weighted by molar-refractivity contribution is 0.113. The molecule has 0 spiro atoms. The van der Waals surface area contributed by atoms with Crippen molar-refractivity contribution in [1.82, 2.24) is 13.5 Å². The number of likely N-dealkylation sites (tertiary alicyclic amines) is 1. The van der Waals surface area contributed by atoms with Gasteiger partial charge in [-0.05, 0) is 57.0 Å². The third-order valence-corrected chi connectivity index (χ3v) is 7.79. The van der Waals surface area contributed by atoms with E-state index in [0.717, 1.165) is 19.3 Å². The van der Waals surface area contributed by atoms with Crippen LogP contribution in [0.15, 0.2) is 0 Å².